The van der Waals surface area contributed by atoms with Gasteiger partial charge in [0.1, 0.15) is 40.0 Å². The van der Waals surface area contributed by atoms with Gasteiger partial charge in [0.25, 0.3) is 0 Å². The third-order valence-corrected chi connectivity index (χ3v) is 17.3. The smallest absolute Gasteiger partial charge is 0.415 e. The lowest BCUT2D eigenvalue weighted by Gasteiger charge is -2.08. The van der Waals surface area contributed by atoms with Gasteiger partial charge in [-0.1, -0.05) is 174 Å². The number of nitrogens with zero attached hydrogens (tertiary/aromatic N) is 9. The largest absolute Gasteiger partial charge is 0.453 e. The quantitative estimate of drug-likeness (QED) is 0.122. The molecule has 0 saturated carbocycles. The minimum Gasteiger partial charge on any atom is -0.453 e. The van der Waals surface area contributed by atoms with Crippen LogP contribution in [0.25, 0.3) is 127 Å². The summed E-state index contributed by atoms with van der Waals surface area (Å²) in [6.45, 7) is 4.24. The molecular formula is C81H61N9O3P2+2. The van der Waals surface area contributed by atoms with Crippen molar-refractivity contribution < 1.29 is 13.4 Å². The predicted octanol–water partition coefficient (Wildman–Crippen LogP) is 19.9. The lowest BCUT2D eigenvalue weighted by molar-refractivity contribution is 0.598. The molecular weight excluding hydrogens is 1210 g/mol. The second kappa shape index (κ2) is 27.8. The Hall–Kier alpha value is -12.1. The Bertz CT molecular complexity index is 5650. The standard InChI is InChI=1S/C19H12N2.C15H10N2.C12H10OP.C11H8N2.C11H7NO.C10H6N2O.C3H8P/c1-2-9-15-13(7-1)14-8-3-5-11-17(14)21-18-12-6-4-10-16(18)20-19(15)21;1-3-7-13-11(5-1)9-10-15-16-12-6-2-4-8-14(12)17(13)15;13-14(11-7-3-1-4-8-11)12-9-5-2-6-10-12;1-2-6-10-9(5-1)12-11-7-3-4-8-13(10)11;1-2-6-10-8(4-1)9-5-3-7-12-11(9)13-10;1-2-4-8-7(3-1)10-9(13-8)5-11-6-12-10;1-4(2)3/h1-12H;1-10H;1-10H;1-8H;1-7H;1-6H;1H2,2-3H3/q;;+1;;;;+1. The fourth-order valence-corrected chi connectivity index (χ4v) is 12.8. The number of furan rings is 2. The van der Waals surface area contributed by atoms with Gasteiger partial charge in [0.15, 0.2) is 16.2 Å². The summed E-state index contributed by atoms with van der Waals surface area (Å²) < 4.78 is 29.6. The highest BCUT2D eigenvalue weighted by molar-refractivity contribution is 7.61. The van der Waals surface area contributed by atoms with Crippen molar-refractivity contribution in [2.75, 3.05) is 13.3 Å². The Kier molecular flexibility index (Phi) is 17.7. The number of imidazole rings is 3. The van der Waals surface area contributed by atoms with E-state index in [1.54, 1.807) is 12.4 Å². The maximum Gasteiger partial charge on any atom is 0.415 e. The van der Waals surface area contributed by atoms with E-state index in [-0.39, 0.29) is 7.55 Å². The second-order valence-electron chi connectivity index (χ2n) is 22.4. The van der Waals surface area contributed by atoms with Gasteiger partial charge in [-0.15, -0.1) is 0 Å². The van der Waals surface area contributed by atoms with Crippen LogP contribution in [0.4, 0.5) is 0 Å². The summed E-state index contributed by atoms with van der Waals surface area (Å²) in [4.78, 5) is 26.2. The lowest BCUT2D eigenvalue weighted by Crippen LogP contribution is -2.04. The highest BCUT2D eigenvalue weighted by atomic mass is 31.1. The molecule has 0 amide bonds. The van der Waals surface area contributed by atoms with Crippen molar-refractivity contribution in [2.24, 2.45) is 0 Å². The molecule has 0 spiro atoms. The first-order valence-corrected chi connectivity index (χ1v) is 34.6. The van der Waals surface area contributed by atoms with Gasteiger partial charge in [-0.25, -0.2) is 29.9 Å². The van der Waals surface area contributed by atoms with Gasteiger partial charge in [0.2, 0.25) is 5.71 Å². The maximum atomic E-state index is 12.0. The number of para-hydroxylation sites is 10. The molecule has 10 aromatic carbocycles. The van der Waals surface area contributed by atoms with E-state index in [4.69, 9.17) is 13.8 Å². The summed E-state index contributed by atoms with van der Waals surface area (Å²) in [5.74, 6) is 0. The average Bonchev–Trinajstić information content (AvgIpc) is 1.65. The fourth-order valence-electron chi connectivity index (χ4n) is 11.6. The lowest BCUT2D eigenvalue weighted by atomic mass is 10.1. The van der Waals surface area contributed by atoms with E-state index in [9.17, 15) is 4.57 Å². The average molecular weight is 1270 g/mol. The number of hydrogen-bond acceptors (Lipinski definition) is 9. The van der Waals surface area contributed by atoms with Crippen LogP contribution in [0.5, 0.6) is 0 Å². The van der Waals surface area contributed by atoms with E-state index in [2.05, 4.69) is 185 Å². The molecule has 95 heavy (non-hydrogen) atoms. The third-order valence-electron chi connectivity index (χ3n) is 15.7. The SMILES string of the molecule is C=[P+](C)C.O=[P+](c1ccccc1)c1ccccc1.c1ccc2c(c1)ccc1nc3ccccc3n12.c1ccc2c(c1)nc1c3ccccc3c3ccccc3n21.c1ccc2c(c1)nc1ccccn12.c1ccc2c(c1)oc1cncnc12.c1ccc2c(c1)oc1ncccc12. The highest BCUT2D eigenvalue weighted by Gasteiger charge is 2.22. The number of pyridine rings is 4. The van der Waals surface area contributed by atoms with E-state index in [1.807, 2.05) is 176 Å². The molecule has 0 bridgehead atoms. The van der Waals surface area contributed by atoms with Gasteiger partial charge in [-0.3, -0.25) is 13.2 Å². The Morgan fingerprint density at radius 3 is 1.59 bits per heavy atom. The molecule has 10 heterocycles. The van der Waals surface area contributed by atoms with Crippen molar-refractivity contribution >= 4 is 159 Å². The Morgan fingerprint density at radius 2 is 0.884 bits per heavy atom. The topological polar surface area (TPSA) is 134 Å². The Morgan fingerprint density at radius 1 is 0.379 bits per heavy atom. The van der Waals surface area contributed by atoms with Crippen LogP contribution in [0.3, 0.4) is 0 Å². The molecule has 456 valence electrons. The second-order valence-corrected chi connectivity index (χ2v) is 26.2. The zero-order valence-electron chi connectivity index (χ0n) is 52.0. The third kappa shape index (κ3) is 12.8. The summed E-state index contributed by atoms with van der Waals surface area (Å²) >= 11 is 0. The van der Waals surface area contributed by atoms with Gasteiger partial charge in [-0.2, -0.15) is 0 Å². The van der Waals surface area contributed by atoms with Gasteiger partial charge < -0.3 is 8.83 Å². The van der Waals surface area contributed by atoms with Crippen LogP contribution in [0.1, 0.15) is 0 Å². The monoisotopic (exact) mass is 1270 g/mol. The zero-order chi connectivity index (χ0) is 64.5. The van der Waals surface area contributed by atoms with E-state index in [0.717, 1.165) is 93.6 Å². The summed E-state index contributed by atoms with van der Waals surface area (Å²) in [5, 5.41) is 9.99. The van der Waals surface area contributed by atoms with E-state index in [1.165, 1.54) is 44.4 Å². The van der Waals surface area contributed by atoms with Gasteiger partial charge in [0, 0.05) is 39.3 Å². The molecule has 20 rings (SSSR count). The van der Waals surface area contributed by atoms with Crippen molar-refractivity contribution in [3.63, 3.8) is 0 Å². The van der Waals surface area contributed by atoms with Crippen LogP contribution in [-0.2, 0) is 4.57 Å². The van der Waals surface area contributed by atoms with Gasteiger partial charge >= 0.3 is 7.80 Å². The van der Waals surface area contributed by atoms with Gasteiger partial charge in [0.05, 0.1) is 77.5 Å². The first-order chi connectivity index (χ1) is 46.8. The summed E-state index contributed by atoms with van der Waals surface area (Å²) in [5.41, 5.74) is 16.2. The Balaban J connectivity index is 0.0000000980. The van der Waals surface area contributed by atoms with Crippen LogP contribution >= 0.6 is 15.3 Å². The summed E-state index contributed by atoms with van der Waals surface area (Å²) in [6, 6.07) is 99.2. The van der Waals surface area contributed by atoms with Crippen molar-refractivity contribution in [3.8, 4) is 0 Å². The molecule has 10 aromatic heterocycles. The molecule has 0 aliphatic rings. The number of benzene rings is 10. The van der Waals surface area contributed by atoms with E-state index < -0.39 is 7.80 Å². The number of fused-ring (bicyclic) bond motifs is 22. The van der Waals surface area contributed by atoms with Crippen molar-refractivity contribution in [1.29, 1.82) is 0 Å². The first-order valence-electron chi connectivity index (χ1n) is 30.9. The zero-order valence-corrected chi connectivity index (χ0v) is 53.7. The van der Waals surface area contributed by atoms with Crippen molar-refractivity contribution in [2.45, 2.75) is 0 Å². The van der Waals surface area contributed by atoms with Gasteiger partial charge in [-0.05, 0) is 138 Å². The molecule has 0 saturated heterocycles. The number of rotatable bonds is 2. The number of aromatic nitrogens is 9. The molecule has 0 aliphatic heterocycles. The normalized spacial score (nSPS) is 10.9. The summed E-state index contributed by atoms with van der Waals surface area (Å²) in [6.07, 6.45) is 10.7. The molecule has 0 fully saturated rings. The van der Waals surface area contributed by atoms with Crippen LogP contribution in [0.2, 0.25) is 0 Å². The maximum absolute atomic E-state index is 12.0. The number of hydrogen-bond donors (Lipinski definition) is 0. The molecule has 20 aromatic rings. The molecule has 0 radical (unpaired) electrons. The highest BCUT2D eigenvalue weighted by Crippen LogP contribution is 2.33. The molecule has 14 heteroatoms. The minimum absolute atomic E-state index is 0.130. The molecule has 0 atom stereocenters. The van der Waals surface area contributed by atoms with Crippen LogP contribution in [0.15, 0.2) is 331 Å². The van der Waals surface area contributed by atoms with Crippen molar-refractivity contribution in [3.05, 3.63) is 322 Å². The first kappa shape index (κ1) is 60.5. The van der Waals surface area contributed by atoms with E-state index in [0.29, 0.717) is 5.71 Å². The molecule has 0 unspecified atom stereocenters. The Labute approximate surface area is 547 Å². The molecule has 0 aliphatic carbocycles. The van der Waals surface area contributed by atoms with Crippen LogP contribution in [0, 0.1) is 0 Å². The van der Waals surface area contributed by atoms with Crippen LogP contribution in [-0.4, -0.2) is 62.7 Å². The van der Waals surface area contributed by atoms with Crippen LogP contribution < -0.4 is 10.6 Å². The van der Waals surface area contributed by atoms with E-state index >= 15 is 0 Å². The molecule has 12 nitrogen and oxygen atoms in total. The van der Waals surface area contributed by atoms with Crippen molar-refractivity contribution in [1.82, 2.24) is 43.1 Å². The summed E-state index contributed by atoms with van der Waals surface area (Å²) in [7, 11) is -1.29. The molecule has 0 N–H and O–H groups in total. The predicted molar refractivity (Wildman–Crippen MR) is 397 cm³/mol. The minimum atomic E-state index is -1.42. The fraction of sp³-hybridized carbons (Fsp3) is 0.0247.